The maximum atomic E-state index is 12.3. The molecule has 0 atom stereocenters. The van der Waals surface area contributed by atoms with Gasteiger partial charge in [-0.2, -0.15) is 0 Å². The van der Waals surface area contributed by atoms with Gasteiger partial charge in [0.1, 0.15) is 6.54 Å². The Morgan fingerprint density at radius 2 is 1.90 bits per heavy atom. The van der Waals surface area contributed by atoms with E-state index in [0.717, 1.165) is 12.8 Å². The van der Waals surface area contributed by atoms with Gasteiger partial charge in [-0.1, -0.05) is 19.3 Å². The maximum Gasteiger partial charge on any atom is 0.323 e. The van der Waals surface area contributed by atoms with Gasteiger partial charge in [-0.15, -0.1) is 0 Å². The average Bonchev–Trinajstić information content (AvgIpc) is 2.43. The highest BCUT2D eigenvalue weighted by Crippen LogP contribution is 2.24. The third-order valence-corrected chi connectivity index (χ3v) is 3.75. The Hall–Kier alpha value is -1.30. The van der Waals surface area contributed by atoms with E-state index in [2.05, 4.69) is 0 Å². The minimum atomic E-state index is -1.000. The van der Waals surface area contributed by atoms with Crippen LogP contribution in [0.25, 0.3) is 0 Å². The minimum Gasteiger partial charge on any atom is -0.480 e. The second-order valence-electron chi connectivity index (χ2n) is 5.48. The van der Waals surface area contributed by atoms with Crippen molar-refractivity contribution in [2.75, 3.05) is 40.4 Å². The number of hydrogen-bond acceptors (Lipinski definition) is 3. The van der Waals surface area contributed by atoms with Crippen molar-refractivity contribution in [3.63, 3.8) is 0 Å². The largest absolute Gasteiger partial charge is 0.480 e. The van der Waals surface area contributed by atoms with Gasteiger partial charge in [0.2, 0.25) is 0 Å². The van der Waals surface area contributed by atoms with Crippen molar-refractivity contribution < 1.29 is 19.4 Å². The summed E-state index contributed by atoms with van der Waals surface area (Å²) in [4.78, 5) is 26.1. The number of aliphatic carboxylic acids is 1. The van der Waals surface area contributed by atoms with E-state index in [-0.39, 0.29) is 12.6 Å². The molecule has 20 heavy (non-hydrogen) atoms. The molecule has 0 spiro atoms. The number of carboxylic acids is 1. The van der Waals surface area contributed by atoms with Crippen molar-refractivity contribution in [2.45, 2.75) is 32.1 Å². The number of urea groups is 1. The first-order valence-electron chi connectivity index (χ1n) is 7.25. The first-order valence-corrected chi connectivity index (χ1v) is 7.25. The standard InChI is InChI=1S/C14H26N2O4/c1-15(10-12-6-4-3-5-7-12)14(19)16(8-9-20-2)11-13(17)18/h12H,3-11H2,1-2H3,(H,17,18). The Labute approximate surface area is 120 Å². The molecule has 1 saturated carbocycles. The Morgan fingerprint density at radius 1 is 1.25 bits per heavy atom. The molecule has 0 heterocycles. The van der Waals surface area contributed by atoms with Crippen molar-refractivity contribution in [3.8, 4) is 0 Å². The van der Waals surface area contributed by atoms with Crippen LogP contribution in [0.2, 0.25) is 0 Å². The van der Waals surface area contributed by atoms with Crippen molar-refractivity contribution in [2.24, 2.45) is 5.92 Å². The molecule has 0 aromatic carbocycles. The topological polar surface area (TPSA) is 70.1 Å². The van der Waals surface area contributed by atoms with Gasteiger partial charge in [-0.25, -0.2) is 4.79 Å². The second kappa shape index (κ2) is 8.79. The average molecular weight is 286 g/mol. The molecule has 0 radical (unpaired) electrons. The van der Waals surface area contributed by atoms with Crippen LogP contribution in [0.3, 0.4) is 0 Å². The van der Waals surface area contributed by atoms with Crippen LogP contribution >= 0.6 is 0 Å². The molecule has 0 bridgehead atoms. The van der Waals surface area contributed by atoms with E-state index in [4.69, 9.17) is 9.84 Å². The smallest absolute Gasteiger partial charge is 0.323 e. The van der Waals surface area contributed by atoms with Crippen LogP contribution in [0.15, 0.2) is 0 Å². The molecule has 0 saturated heterocycles. The molecular weight excluding hydrogens is 260 g/mol. The quantitative estimate of drug-likeness (QED) is 0.772. The first kappa shape index (κ1) is 16.8. The summed E-state index contributed by atoms with van der Waals surface area (Å²) in [6.45, 7) is 1.08. The Bertz CT molecular complexity index is 316. The van der Waals surface area contributed by atoms with Gasteiger partial charge in [0.05, 0.1) is 6.61 Å². The molecule has 0 aromatic heterocycles. The lowest BCUT2D eigenvalue weighted by molar-refractivity contribution is -0.137. The number of nitrogens with zero attached hydrogens (tertiary/aromatic N) is 2. The number of carboxylic acid groups (broad SMARTS) is 1. The number of rotatable bonds is 7. The van der Waals surface area contributed by atoms with Gasteiger partial charge in [0, 0.05) is 27.2 Å². The van der Waals surface area contributed by atoms with Crippen LogP contribution < -0.4 is 0 Å². The molecule has 1 rings (SSSR count). The summed E-state index contributed by atoms with van der Waals surface area (Å²) in [7, 11) is 3.29. The zero-order valence-electron chi connectivity index (χ0n) is 12.5. The number of ether oxygens (including phenoxy) is 1. The number of amides is 2. The van der Waals surface area contributed by atoms with E-state index in [9.17, 15) is 9.59 Å². The minimum absolute atomic E-state index is 0.227. The molecule has 116 valence electrons. The maximum absolute atomic E-state index is 12.3. The van der Waals surface area contributed by atoms with Crippen LogP contribution in [0.5, 0.6) is 0 Å². The fourth-order valence-corrected chi connectivity index (χ4v) is 2.68. The number of carbonyl (C=O) groups is 2. The van der Waals surface area contributed by atoms with Crippen molar-refractivity contribution >= 4 is 12.0 Å². The van der Waals surface area contributed by atoms with Crippen molar-refractivity contribution in [1.82, 2.24) is 9.80 Å². The molecule has 1 aliphatic carbocycles. The van der Waals surface area contributed by atoms with Crippen LogP contribution in [-0.4, -0.2) is 67.3 Å². The SMILES string of the molecule is COCCN(CC(=O)O)C(=O)N(C)CC1CCCCC1. The van der Waals surface area contributed by atoms with Crippen LogP contribution in [0.1, 0.15) is 32.1 Å². The van der Waals surface area contributed by atoms with E-state index >= 15 is 0 Å². The summed E-state index contributed by atoms with van der Waals surface area (Å²) in [5.74, 6) is -0.452. The summed E-state index contributed by atoms with van der Waals surface area (Å²) in [6.07, 6.45) is 6.07. The predicted molar refractivity (Wildman–Crippen MR) is 75.7 cm³/mol. The summed E-state index contributed by atoms with van der Waals surface area (Å²) in [5.41, 5.74) is 0. The molecule has 1 fully saturated rings. The summed E-state index contributed by atoms with van der Waals surface area (Å²) in [5, 5.41) is 8.88. The van der Waals surface area contributed by atoms with Gasteiger partial charge < -0.3 is 19.6 Å². The van der Waals surface area contributed by atoms with Crippen LogP contribution in [0.4, 0.5) is 4.79 Å². The zero-order valence-corrected chi connectivity index (χ0v) is 12.5. The zero-order chi connectivity index (χ0) is 15.0. The van der Waals surface area contributed by atoms with E-state index in [1.165, 1.54) is 31.3 Å². The van der Waals surface area contributed by atoms with Crippen LogP contribution in [-0.2, 0) is 9.53 Å². The highest BCUT2D eigenvalue weighted by molar-refractivity contribution is 5.80. The number of carbonyl (C=O) groups excluding carboxylic acids is 1. The highest BCUT2D eigenvalue weighted by atomic mass is 16.5. The van der Waals surface area contributed by atoms with E-state index in [1.54, 1.807) is 11.9 Å². The molecule has 1 N–H and O–H groups in total. The molecule has 1 aliphatic rings. The third-order valence-electron chi connectivity index (χ3n) is 3.75. The van der Waals surface area contributed by atoms with Gasteiger partial charge >= 0.3 is 12.0 Å². The van der Waals surface area contributed by atoms with E-state index in [1.807, 2.05) is 0 Å². The normalized spacial score (nSPS) is 15.9. The molecule has 0 aliphatic heterocycles. The highest BCUT2D eigenvalue weighted by Gasteiger charge is 2.23. The Balaban J connectivity index is 2.50. The molecule has 6 heteroatoms. The fraction of sp³-hybridized carbons (Fsp3) is 0.857. The summed E-state index contributed by atoms with van der Waals surface area (Å²) < 4.78 is 4.93. The van der Waals surface area contributed by atoms with Gasteiger partial charge in [-0.05, 0) is 18.8 Å². The summed E-state index contributed by atoms with van der Waals surface area (Å²) in [6, 6.07) is -0.227. The van der Waals surface area contributed by atoms with Gasteiger partial charge in [0.25, 0.3) is 0 Å². The number of methoxy groups -OCH3 is 1. The lowest BCUT2D eigenvalue weighted by atomic mass is 9.89. The molecule has 0 unspecified atom stereocenters. The van der Waals surface area contributed by atoms with Crippen molar-refractivity contribution in [3.05, 3.63) is 0 Å². The van der Waals surface area contributed by atoms with Gasteiger partial charge in [0.15, 0.2) is 0 Å². The number of hydrogen-bond donors (Lipinski definition) is 1. The lowest BCUT2D eigenvalue weighted by Crippen LogP contribution is -2.46. The molecule has 0 aromatic rings. The second-order valence-corrected chi connectivity index (χ2v) is 5.48. The van der Waals surface area contributed by atoms with E-state index in [0.29, 0.717) is 25.6 Å². The Morgan fingerprint density at radius 3 is 2.45 bits per heavy atom. The van der Waals surface area contributed by atoms with E-state index < -0.39 is 5.97 Å². The monoisotopic (exact) mass is 286 g/mol. The Kier molecular flexibility index (Phi) is 7.36. The van der Waals surface area contributed by atoms with Crippen molar-refractivity contribution in [1.29, 1.82) is 0 Å². The fourth-order valence-electron chi connectivity index (χ4n) is 2.68. The van der Waals surface area contributed by atoms with Crippen LogP contribution in [0, 0.1) is 5.92 Å². The lowest BCUT2D eigenvalue weighted by Gasteiger charge is -2.31. The van der Waals surface area contributed by atoms with Gasteiger partial charge in [-0.3, -0.25) is 4.79 Å². The summed E-state index contributed by atoms with van der Waals surface area (Å²) >= 11 is 0. The first-order chi connectivity index (χ1) is 9.54. The molecular formula is C14H26N2O4. The third kappa shape index (κ3) is 5.77. The molecule has 6 nitrogen and oxygen atoms in total. The molecule has 2 amide bonds. The predicted octanol–water partition coefficient (Wildman–Crippen LogP) is 1.65.